The van der Waals surface area contributed by atoms with Gasteiger partial charge in [0.1, 0.15) is 0 Å². The van der Waals surface area contributed by atoms with Crippen LogP contribution in [-0.4, -0.2) is 23.4 Å². The normalized spacial score (nSPS) is 11.0. The van der Waals surface area contributed by atoms with Gasteiger partial charge in [-0.3, -0.25) is 0 Å². The van der Waals surface area contributed by atoms with Crippen LogP contribution in [0.5, 0.6) is 0 Å². The van der Waals surface area contributed by atoms with Gasteiger partial charge in [-0.25, -0.2) is 0 Å². The summed E-state index contributed by atoms with van der Waals surface area (Å²) in [6, 6.07) is 16.7. The van der Waals surface area contributed by atoms with Crippen LogP contribution in [0.1, 0.15) is 22.3 Å². The van der Waals surface area contributed by atoms with Crippen LogP contribution >= 0.6 is 0 Å². The van der Waals surface area contributed by atoms with E-state index in [2.05, 4.69) is 67.7 Å². The summed E-state index contributed by atoms with van der Waals surface area (Å²) in [6.45, 7) is 6.92. The van der Waals surface area contributed by atoms with E-state index in [1.54, 1.807) is 0 Å². The van der Waals surface area contributed by atoms with Crippen molar-refractivity contribution in [2.75, 3.05) is 13.1 Å². The molecule has 0 amide bonds. The molecule has 2 aromatic rings. The number of hydrogen-bond donors (Lipinski definition) is 2. The lowest BCUT2D eigenvalue weighted by molar-refractivity contribution is -0.0978. The fourth-order valence-corrected chi connectivity index (χ4v) is 2.13. The third-order valence-corrected chi connectivity index (χ3v) is 3.48. The first-order chi connectivity index (χ1) is 10.1. The summed E-state index contributed by atoms with van der Waals surface area (Å²) in [4.78, 5) is 0. The molecule has 2 N–H and O–H groups in total. The molecule has 0 aromatic heterocycles. The van der Waals surface area contributed by atoms with Crippen LogP contribution in [0.15, 0.2) is 48.5 Å². The number of nitrogens with one attached hydrogen (secondary N) is 1. The summed E-state index contributed by atoms with van der Waals surface area (Å²) < 4.78 is 0. The maximum Gasteiger partial charge on any atom is 0.0489 e. The van der Waals surface area contributed by atoms with Crippen LogP contribution in [0.25, 0.3) is 0 Å². The van der Waals surface area contributed by atoms with Gasteiger partial charge >= 0.3 is 0 Å². The zero-order valence-corrected chi connectivity index (χ0v) is 12.8. The second kappa shape index (κ2) is 7.93. The quantitative estimate of drug-likeness (QED) is 0.605. The molecule has 0 unspecified atom stereocenters. The smallest absolute Gasteiger partial charge is 0.0489 e. The van der Waals surface area contributed by atoms with E-state index in [1.165, 1.54) is 21.8 Å². The second-order valence-electron chi connectivity index (χ2n) is 5.54. The highest BCUT2D eigenvalue weighted by atomic mass is 16.5. The first-order valence-corrected chi connectivity index (χ1v) is 7.39. The van der Waals surface area contributed by atoms with Crippen LogP contribution in [0.4, 0.5) is 0 Å². The van der Waals surface area contributed by atoms with Gasteiger partial charge in [-0.05, 0) is 25.0 Å². The molecular weight excluding hydrogens is 260 g/mol. The van der Waals surface area contributed by atoms with E-state index in [9.17, 15) is 5.21 Å². The summed E-state index contributed by atoms with van der Waals surface area (Å²) in [5, 5.41) is 14.6. The van der Waals surface area contributed by atoms with E-state index < -0.39 is 0 Å². The van der Waals surface area contributed by atoms with Crippen LogP contribution in [0.3, 0.4) is 0 Å². The lowest BCUT2D eigenvalue weighted by Crippen LogP contribution is -2.29. The minimum Gasteiger partial charge on any atom is -0.314 e. The number of rotatable bonds is 7. The number of benzene rings is 2. The molecule has 2 rings (SSSR count). The lowest BCUT2D eigenvalue weighted by Gasteiger charge is -2.15. The van der Waals surface area contributed by atoms with Crippen molar-refractivity contribution < 1.29 is 5.21 Å². The Balaban J connectivity index is 1.66. The molecule has 0 fully saturated rings. The Labute approximate surface area is 127 Å². The summed E-state index contributed by atoms with van der Waals surface area (Å²) in [5.74, 6) is 0. The van der Waals surface area contributed by atoms with Crippen LogP contribution in [0, 0.1) is 13.8 Å². The largest absolute Gasteiger partial charge is 0.314 e. The highest BCUT2D eigenvalue weighted by Crippen LogP contribution is 2.05. The maximum atomic E-state index is 9.90. The highest BCUT2D eigenvalue weighted by molar-refractivity contribution is 5.21. The van der Waals surface area contributed by atoms with Crippen molar-refractivity contribution in [3.8, 4) is 0 Å². The van der Waals surface area contributed by atoms with Crippen molar-refractivity contribution in [3.05, 3.63) is 70.8 Å². The van der Waals surface area contributed by atoms with Crippen molar-refractivity contribution in [1.29, 1.82) is 0 Å². The van der Waals surface area contributed by atoms with Gasteiger partial charge in [-0.15, -0.1) is 0 Å². The molecule has 0 aliphatic carbocycles. The van der Waals surface area contributed by atoms with Crippen molar-refractivity contribution in [2.45, 2.75) is 26.9 Å². The molecular formula is C18H24N2O. The number of aryl methyl sites for hydroxylation is 2. The van der Waals surface area contributed by atoms with Gasteiger partial charge in [-0.2, -0.15) is 5.06 Å². The molecule has 3 heteroatoms. The number of hydrogen-bond acceptors (Lipinski definition) is 3. The Morgan fingerprint density at radius 3 is 1.95 bits per heavy atom. The van der Waals surface area contributed by atoms with Crippen molar-refractivity contribution >= 4 is 0 Å². The zero-order valence-electron chi connectivity index (χ0n) is 12.8. The van der Waals surface area contributed by atoms with Gasteiger partial charge in [0, 0.05) is 26.2 Å². The molecule has 0 aliphatic heterocycles. The van der Waals surface area contributed by atoms with Crippen molar-refractivity contribution in [2.24, 2.45) is 0 Å². The molecule has 112 valence electrons. The van der Waals surface area contributed by atoms with E-state index in [-0.39, 0.29) is 0 Å². The van der Waals surface area contributed by atoms with Crippen molar-refractivity contribution in [1.82, 2.24) is 10.4 Å². The average molecular weight is 284 g/mol. The summed E-state index contributed by atoms with van der Waals surface area (Å²) in [5.41, 5.74) is 4.91. The van der Waals surface area contributed by atoms with Gasteiger partial charge in [0.15, 0.2) is 0 Å². The first kappa shape index (κ1) is 15.7. The Morgan fingerprint density at radius 2 is 1.38 bits per heavy atom. The van der Waals surface area contributed by atoms with Crippen LogP contribution in [0.2, 0.25) is 0 Å². The zero-order chi connectivity index (χ0) is 15.1. The van der Waals surface area contributed by atoms with E-state index >= 15 is 0 Å². The molecule has 2 aromatic carbocycles. The fraction of sp³-hybridized carbons (Fsp3) is 0.333. The fourth-order valence-electron chi connectivity index (χ4n) is 2.13. The predicted octanol–water partition coefficient (Wildman–Crippen LogP) is 3.28. The molecule has 0 spiro atoms. The maximum absolute atomic E-state index is 9.90. The molecule has 0 heterocycles. The van der Waals surface area contributed by atoms with Gasteiger partial charge in [-0.1, -0.05) is 59.7 Å². The Morgan fingerprint density at radius 1 is 0.857 bits per heavy atom. The molecule has 3 nitrogen and oxygen atoms in total. The van der Waals surface area contributed by atoms with Crippen LogP contribution < -0.4 is 5.32 Å². The Bertz CT molecular complexity index is 534. The number of hydroxylamine groups is 2. The number of nitrogens with zero attached hydrogens (tertiary/aromatic N) is 1. The van der Waals surface area contributed by atoms with Gasteiger partial charge in [0.05, 0.1) is 0 Å². The van der Waals surface area contributed by atoms with E-state index in [1.807, 2.05) is 0 Å². The predicted molar refractivity (Wildman–Crippen MR) is 86.3 cm³/mol. The first-order valence-electron chi connectivity index (χ1n) is 7.39. The topological polar surface area (TPSA) is 35.5 Å². The monoisotopic (exact) mass is 284 g/mol. The van der Waals surface area contributed by atoms with Crippen molar-refractivity contribution in [3.63, 3.8) is 0 Å². The summed E-state index contributed by atoms with van der Waals surface area (Å²) in [7, 11) is 0. The summed E-state index contributed by atoms with van der Waals surface area (Å²) >= 11 is 0. The van der Waals surface area contributed by atoms with Gasteiger partial charge < -0.3 is 10.5 Å². The molecule has 0 saturated carbocycles. The minimum absolute atomic E-state index is 0.562. The minimum atomic E-state index is 0.562. The van der Waals surface area contributed by atoms with E-state index in [0.29, 0.717) is 13.1 Å². The van der Waals surface area contributed by atoms with E-state index in [4.69, 9.17) is 0 Å². The standard InChI is InChI=1S/C18H24N2O/c1-15-3-7-17(8-4-15)13-19-11-12-20(21)14-18-9-5-16(2)6-10-18/h3-10,19,21H,11-14H2,1-2H3. The Hall–Kier alpha value is -1.68. The van der Waals surface area contributed by atoms with Crippen LogP contribution in [-0.2, 0) is 13.1 Å². The summed E-state index contributed by atoms with van der Waals surface area (Å²) in [6.07, 6.45) is 0. The second-order valence-corrected chi connectivity index (χ2v) is 5.54. The molecule has 0 radical (unpaired) electrons. The SMILES string of the molecule is Cc1ccc(CNCCN(O)Cc2ccc(C)cc2)cc1. The van der Waals surface area contributed by atoms with Gasteiger partial charge in [0.2, 0.25) is 0 Å². The lowest BCUT2D eigenvalue weighted by atomic mass is 10.1. The third-order valence-electron chi connectivity index (χ3n) is 3.48. The molecule has 0 atom stereocenters. The molecule has 21 heavy (non-hydrogen) atoms. The third kappa shape index (κ3) is 5.68. The Kier molecular flexibility index (Phi) is 5.93. The average Bonchev–Trinajstić information content (AvgIpc) is 2.48. The molecule has 0 bridgehead atoms. The molecule has 0 saturated heterocycles. The van der Waals surface area contributed by atoms with E-state index in [0.717, 1.165) is 18.7 Å². The molecule has 0 aliphatic rings. The van der Waals surface area contributed by atoms with Gasteiger partial charge in [0.25, 0.3) is 0 Å². The highest BCUT2D eigenvalue weighted by Gasteiger charge is 2.02.